The Labute approximate surface area is 107 Å². The molecule has 0 aliphatic heterocycles. The van der Waals surface area contributed by atoms with Gasteiger partial charge in [-0.2, -0.15) is 15.6 Å². The molecule has 0 spiro atoms. The van der Waals surface area contributed by atoms with Gasteiger partial charge >= 0.3 is 0 Å². The van der Waals surface area contributed by atoms with Crippen molar-refractivity contribution in [1.82, 2.24) is 4.68 Å². The van der Waals surface area contributed by atoms with Crippen LogP contribution in [0.1, 0.15) is 49.9 Å². The van der Waals surface area contributed by atoms with Gasteiger partial charge in [0.1, 0.15) is 23.5 Å². The molecule has 0 saturated heterocycles. The van der Waals surface area contributed by atoms with Crippen molar-refractivity contribution < 1.29 is 0 Å². The average molecular weight is 243 g/mol. The fourth-order valence-corrected chi connectivity index (χ4v) is 1.73. The summed E-state index contributed by atoms with van der Waals surface area (Å²) in [6.45, 7) is 4.07. The molecule has 0 aliphatic carbocycles. The molecule has 0 aromatic carbocycles. The molecule has 1 aromatic rings. The zero-order valence-corrected chi connectivity index (χ0v) is 10.8. The number of nitrogens with zero attached hydrogens (tertiary/aromatic N) is 4. The van der Waals surface area contributed by atoms with E-state index in [-0.39, 0.29) is 11.4 Å². The number of hydrogen-bond acceptors (Lipinski definition) is 4. The second kappa shape index (κ2) is 6.46. The van der Waals surface area contributed by atoms with Gasteiger partial charge in [0, 0.05) is 6.21 Å². The Balaban J connectivity index is 3.35. The van der Waals surface area contributed by atoms with E-state index in [1.165, 1.54) is 4.68 Å². The van der Waals surface area contributed by atoms with E-state index < -0.39 is 0 Å². The normalized spacial score (nSPS) is 10.4. The molecular weight excluding hydrogens is 226 g/mol. The van der Waals surface area contributed by atoms with Crippen molar-refractivity contribution in [2.75, 3.05) is 5.73 Å². The van der Waals surface area contributed by atoms with Crippen LogP contribution >= 0.6 is 0 Å². The van der Waals surface area contributed by atoms with E-state index in [1.54, 1.807) is 6.21 Å². The van der Waals surface area contributed by atoms with Crippen LogP contribution in [0.25, 0.3) is 0 Å². The molecule has 1 aromatic heterocycles. The van der Waals surface area contributed by atoms with Crippen molar-refractivity contribution in [2.24, 2.45) is 5.10 Å². The Morgan fingerprint density at radius 1 is 1.22 bits per heavy atom. The van der Waals surface area contributed by atoms with Crippen molar-refractivity contribution in [3.63, 3.8) is 0 Å². The fraction of sp³-hybridized carbons (Fsp3) is 0.462. The quantitative estimate of drug-likeness (QED) is 0.805. The van der Waals surface area contributed by atoms with Gasteiger partial charge in [0.15, 0.2) is 0 Å². The van der Waals surface area contributed by atoms with Crippen LogP contribution in [0.2, 0.25) is 0 Å². The number of rotatable bonds is 5. The van der Waals surface area contributed by atoms with Gasteiger partial charge in [0.25, 0.3) is 0 Å². The molecule has 0 aliphatic rings. The number of anilines is 1. The zero-order chi connectivity index (χ0) is 13.5. The molecule has 0 fully saturated rings. The lowest BCUT2D eigenvalue weighted by molar-refractivity contribution is 0.773. The SMILES string of the molecule is CCCC=Nn1c(N)c(C#N)c(C#N)c1CCC. The van der Waals surface area contributed by atoms with Crippen LogP contribution in [0.4, 0.5) is 5.82 Å². The lowest BCUT2D eigenvalue weighted by Gasteiger charge is -2.03. The van der Waals surface area contributed by atoms with Crippen LogP contribution in [-0.2, 0) is 6.42 Å². The van der Waals surface area contributed by atoms with E-state index in [4.69, 9.17) is 16.3 Å². The number of nitrogens with two attached hydrogens (primary N) is 1. The predicted octanol–water partition coefficient (Wildman–Crippen LogP) is 2.40. The van der Waals surface area contributed by atoms with E-state index in [9.17, 15) is 0 Å². The van der Waals surface area contributed by atoms with Crippen LogP contribution in [0.3, 0.4) is 0 Å². The lowest BCUT2D eigenvalue weighted by Crippen LogP contribution is -2.02. The summed E-state index contributed by atoms with van der Waals surface area (Å²) < 4.78 is 1.52. The summed E-state index contributed by atoms with van der Waals surface area (Å²) in [7, 11) is 0. The monoisotopic (exact) mass is 243 g/mol. The van der Waals surface area contributed by atoms with Gasteiger partial charge in [-0.25, -0.2) is 4.68 Å². The number of nitriles is 2. The van der Waals surface area contributed by atoms with E-state index in [0.717, 1.165) is 25.0 Å². The maximum absolute atomic E-state index is 9.14. The molecule has 1 rings (SSSR count). The summed E-state index contributed by atoms with van der Waals surface area (Å²) in [6.07, 6.45) is 5.14. The summed E-state index contributed by atoms with van der Waals surface area (Å²) in [5, 5.41) is 22.5. The maximum Gasteiger partial charge on any atom is 0.144 e. The van der Waals surface area contributed by atoms with Gasteiger partial charge < -0.3 is 5.73 Å². The number of hydrogen-bond donors (Lipinski definition) is 1. The molecule has 0 radical (unpaired) electrons. The first-order valence-corrected chi connectivity index (χ1v) is 6.07. The molecule has 0 saturated carbocycles. The van der Waals surface area contributed by atoms with Crippen LogP contribution in [0, 0.1) is 22.7 Å². The zero-order valence-electron chi connectivity index (χ0n) is 10.8. The molecule has 94 valence electrons. The van der Waals surface area contributed by atoms with Crippen LogP contribution < -0.4 is 5.73 Å². The minimum Gasteiger partial charge on any atom is -0.383 e. The van der Waals surface area contributed by atoms with E-state index >= 15 is 0 Å². The van der Waals surface area contributed by atoms with E-state index in [2.05, 4.69) is 18.1 Å². The Morgan fingerprint density at radius 2 is 1.89 bits per heavy atom. The molecule has 0 amide bonds. The van der Waals surface area contributed by atoms with Gasteiger partial charge in [0.2, 0.25) is 0 Å². The first-order valence-electron chi connectivity index (χ1n) is 6.07. The Kier molecular flexibility index (Phi) is 4.95. The smallest absolute Gasteiger partial charge is 0.144 e. The van der Waals surface area contributed by atoms with Gasteiger partial charge in [0.05, 0.1) is 11.3 Å². The summed E-state index contributed by atoms with van der Waals surface area (Å²) in [6, 6.07) is 4.04. The molecule has 5 heteroatoms. The first-order chi connectivity index (χ1) is 8.71. The lowest BCUT2D eigenvalue weighted by atomic mass is 10.1. The summed E-state index contributed by atoms with van der Waals surface area (Å²) in [4.78, 5) is 0. The predicted molar refractivity (Wildman–Crippen MR) is 71.1 cm³/mol. The third-order valence-electron chi connectivity index (χ3n) is 2.60. The summed E-state index contributed by atoms with van der Waals surface area (Å²) in [5.74, 6) is 0.254. The highest BCUT2D eigenvalue weighted by atomic mass is 15.4. The molecule has 0 unspecified atom stereocenters. The highest BCUT2D eigenvalue weighted by Crippen LogP contribution is 2.25. The Morgan fingerprint density at radius 3 is 2.39 bits per heavy atom. The highest BCUT2D eigenvalue weighted by Gasteiger charge is 2.20. The van der Waals surface area contributed by atoms with Crippen molar-refractivity contribution in [2.45, 2.75) is 39.5 Å². The molecule has 5 nitrogen and oxygen atoms in total. The Bertz CT molecular complexity index is 525. The molecule has 0 atom stereocenters. The second-order valence-corrected chi connectivity index (χ2v) is 3.95. The van der Waals surface area contributed by atoms with E-state index in [0.29, 0.717) is 12.0 Å². The standard InChI is InChI=1S/C13H17N5/c1-3-5-7-17-18-12(6-4-2)10(8-14)11(9-15)13(18)16/h7H,3-6,16H2,1-2H3. The van der Waals surface area contributed by atoms with Crippen molar-refractivity contribution >= 4 is 12.0 Å². The molecule has 0 bridgehead atoms. The fourth-order valence-electron chi connectivity index (χ4n) is 1.73. The topological polar surface area (TPSA) is 90.9 Å². The van der Waals surface area contributed by atoms with Crippen LogP contribution in [-0.4, -0.2) is 10.9 Å². The minimum absolute atomic E-state index is 0.231. The minimum atomic E-state index is 0.231. The summed E-state index contributed by atoms with van der Waals surface area (Å²) in [5.41, 5.74) is 7.19. The second-order valence-electron chi connectivity index (χ2n) is 3.95. The average Bonchev–Trinajstić information content (AvgIpc) is 2.63. The summed E-state index contributed by atoms with van der Waals surface area (Å²) >= 11 is 0. The van der Waals surface area contributed by atoms with Crippen LogP contribution in [0.15, 0.2) is 5.10 Å². The van der Waals surface area contributed by atoms with Crippen LogP contribution in [0.5, 0.6) is 0 Å². The van der Waals surface area contributed by atoms with Crippen molar-refractivity contribution in [3.05, 3.63) is 16.8 Å². The number of aromatic nitrogens is 1. The molecule has 1 heterocycles. The molecule has 2 N–H and O–H groups in total. The third kappa shape index (κ3) is 2.52. The van der Waals surface area contributed by atoms with Gasteiger partial charge in [-0.15, -0.1) is 0 Å². The first kappa shape index (κ1) is 13.8. The van der Waals surface area contributed by atoms with Gasteiger partial charge in [-0.05, 0) is 12.8 Å². The number of unbranched alkanes of at least 4 members (excludes halogenated alkanes) is 1. The maximum atomic E-state index is 9.14. The van der Waals surface area contributed by atoms with Gasteiger partial charge in [-0.1, -0.05) is 26.7 Å². The largest absolute Gasteiger partial charge is 0.383 e. The third-order valence-corrected chi connectivity index (χ3v) is 2.60. The van der Waals surface area contributed by atoms with Gasteiger partial charge in [-0.3, -0.25) is 0 Å². The number of nitrogen functional groups attached to an aromatic ring is 1. The Hall–Kier alpha value is -2.27. The molecule has 18 heavy (non-hydrogen) atoms. The highest BCUT2D eigenvalue weighted by molar-refractivity contribution is 5.65. The van der Waals surface area contributed by atoms with Crippen molar-refractivity contribution in [1.29, 1.82) is 10.5 Å². The van der Waals surface area contributed by atoms with E-state index in [1.807, 2.05) is 13.0 Å². The molecular formula is C13H17N5. The van der Waals surface area contributed by atoms with Crippen molar-refractivity contribution in [3.8, 4) is 12.1 Å².